The number of methoxy groups -OCH3 is 1. The molecule has 0 amide bonds. The molecule has 6 nitrogen and oxygen atoms in total. The number of carboxylic acid groups (broad SMARTS) is 1. The van der Waals surface area contributed by atoms with E-state index in [-0.39, 0.29) is 0 Å². The first kappa shape index (κ1) is 11.9. The van der Waals surface area contributed by atoms with Crippen molar-refractivity contribution in [3.8, 4) is 0 Å². The molecule has 76 valence electrons. The largest absolute Gasteiger partial charge is 0.480 e. The van der Waals surface area contributed by atoms with Gasteiger partial charge in [0.05, 0.1) is 7.11 Å². The molecule has 0 aromatic carbocycles. The number of nitrogens with zero attached hydrogens (tertiary/aromatic N) is 1. The number of hydrogen-bond donors (Lipinski definition) is 1. The fraction of sp³-hybridized carbons (Fsp3) is 0.714. The average molecular weight is 191 g/mol. The van der Waals surface area contributed by atoms with E-state index < -0.39 is 12.0 Å². The third-order valence-electron chi connectivity index (χ3n) is 1.26. The summed E-state index contributed by atoms with van der Waals surface area (Å²) in [5, 5.41) is 8.63. The second-order valence-electron chi connectivity index (χ2n) is 2.15. The molecule has 0 aliphatic carbocycles. The lowest BCUT2D eigenvalue weighted by Crippen LogP contribution is -2.20. The van der Waals surface area contributed by atoms with Crippen LogP contribution in [0.1, 0.15) is 6.42 Å². The Labute approximate surface area is 76.0 Å². The molecule has 0 saturated carbocycles. The Hall–Kier alpha value is -1.14. The van der Waals surface area contributed by atoms with Crippen molar-refractivity contribution in [3.63, 3.8) is 0 Å². The van der Waals surface area contributed by atoms with Crippen LogP contribution >= 0.6 is 0 Å². The maximum absolute atomic E-state index is 10.5. The van der Waals surface area contributed by atoms with Crippen LogP contribution in [0.3, 0.4) is 0 Å². The zero-order chi connectivity index (χ0) is 10.1. The Bertz CT molecular complexity index is 170. The van der Waals surface area contributed by atoms with E-state index >= 15 is 0 Å². The zero-order valence-corrected chi connectivity index (χ0v) is 7.60. The monoisotopic (exact) mass is 191 g/mol. The van der Waals surface area contributed by atoms with Crippen LogP contribution in [0.15, 0.2) is 4.99 Å². The summed E-state index contributed by atoms with van der Waals surface area (Å²) in [5.41, 5.74) is 0. The molecule has 0 aromatic rings. The van der Waals surface area contributed by atoms with Gasteiger partial charge in [0, 0.05) is 20.1 Å². The summed E-state index contributed by atoms with van der Waals surface area (Å²) in [6, 6.07) is -0.852. The van der Waals surface area contributed by atoms with Crippen molar-refractivity contribution < 1.29 is 24.4 Å². The topological polar surface area (TPSA) is 77.3 Å². The molecule has 1 atom stereocenters. The van der Waals surface area contributed by atoms with Crippen LogP contribution in [0, 0.1) is 0 Å². The molecule has 0 radical (unpaired) electrons. The lowest BCUT2D eigenvalue weighted by Gasteiger charge is -2.04. The van der Waals surface area contributed by atoms with Crippen molar-refractivity contribution in [1.29, 1.82) is 0 Å². The van der Waals surface area contributed by atoms with E-state index in [0.29, 0.717) is 13.0 Å². The highest BCUT2D eigenvalue weighted by molar-refractivity contribution is 5.75. The van der Waals surface area contributed by atoms with Gasteiger partial charge in [0.25, 0.3) is 0 Å². The van der Waals surface area contributed by atoms with Crippen molar-refractivity contribution in [3.05, 3.63) is 0 Å². The van der Waals surface area contributed by atoms with Gasteiger partial charge in [-0.1, -0.05) is 0 Å². The van der Waals surface area contributed by atoms with Crippen LogP contribution in [0.25, 0.3) is 0 Å². The lowest BCUT2D eigenvalue weighted by molar-refractivity contribution is -0.188. The molecule has 1 N–H and O–H groups in total. The fourth-order valence-corrected chi connectivity index (χ4v) is 0.633. The first-order valence-electron chi connectivity index (χ1n) is 3.65. The number of aliphatic imine (C=N–C) groups is 1. The van der Waals surface area contributed by atoms with E-state index in [1.54, 1.807) is 0 Å². The summed E-state index contributed by atoms with van der Waals surface area (Å²) in [6.07, 6.45) is 1.25. The Kier molecular flexibility index (Phi) is 6.85. The smallest absolute Gasteiger partial charge is 0.328 e. The minimum atomic E-state index is -1.02. The highest BCUT2D eigenvalue weighted by atomic mass is 17.2. The predicted molar refractivity (Wildman–Crippen MR) is 44.5 cm³/mol. The molecule has 0 spiro atoms. The molecule has 0 heterocycles. The van der Waals surface area contributed by atoms with Gasteiger partial charge in [-0.3, -0.25) is 0 Å². The number of rotatable bonds is 7. The molecule has 0 aliphatic heterocycles. The summed E-state index contributed by atoms with van der Waals surface area (Å²) < 4.78 is 4.72. The predicted octanol–water partition coefficient (Wildman–Crippen LogP) is 0.0824. The number of hydrogen-bond acceptors (Lipinski definition) is 5. The van der Waals surface area contributed by atoms with Gasteiger partial charge in [0.1, 0.15) is 0 Å². The third kappa shape index (κ3) is 6.06. The summed E-state index contributed by atoms with van der Waals surface area (Å²) in [5.74, 6) is -1.02. The molecule has 6 heteroatoms. The molecule has 0 rings (SSSR count). The normalized spacial score (nSPS) is 13.1. The Morgan fingerprint density at radius 3 is 2.77 bits per heavy atom. The molecule has 0 fully saturated rings. The molecule has 0 unspecified atom stereocenters. The van der Waals surface area contributed by atoms with Crippen molar-refractivity contribution in [1.82, 2.24) is 0 Å². The molecule has 0 saturated heterocycles. The fourth-order valence-electron chi connectivity index (χ4n) is 0.633. The summed E-state index contributed by atoms with van der Waals surface area (Å²) in [6.45, 7) is 0.335. The van der Waals surface area contributed by atoms with E-state index in [0.717, 1.165) is 6.40 Å². The summed E-state index contributed by atoms with van der Waals surface area (Å²) >= 11 is 0. The highest BCUT2D eigenvalue weighted by Gasteiger charge is 2.14. The first-order valence-corrected chi connectivity index (χ1v) is 3.65. The maximum Gasteiger partial charge on any atom is 0.328 e. The first-order chi connectivity index (χ1) is 6.22. The van der Waals surface area contributed by atoms with Gasteiger partial charge in [-0.2, -0.15) is 4.89 Å². The standard InChI is InChI=1S/C7H13NO5/c1-11-4-3-6(7(9)10)8-5-13-12-2/h5-6H,3-4H2,1-2H3,(H,9,10)/b8-5-/t6-/m1/s1. The number of carboxylic acids is 1. The van der Waals surface area contributed by atoms with E-state index in [1.807, 2.05) is 0 Å². The minimum Gasteiger partial charge on any atom is -0.480 e. The van der Waals surface area contributed by atoms with E-state index in [4.69, 9.17) is 9.84 Å². The van der Waals surface area contributed by atoms with E-state index in [9.17, 15) is 4.79 Å². The quantitative estimate of drug-likeness (QED) is 0.267. The SMILES string of the molecule is COCC[C@@H](/N=C\OOC)C(=O)O. The highest BCUT2D eigenvalue weighted by Crippen LogP contribution is 1.97. The van der Waals surface area contributed by atoms with E-state index in [1.165, 1.54) is 14.2 Å². The van der Waals surface area contributed by atoms with Gasteiger partial charge >= 0.3 is 5.97 Å². The third-order valence-corrected chi connectivity index (χ3v) is 1.26. The van der Waals surface area contributed by atoms with Crippen LogP contribution in [0.2, 0.25) is 0 Å². The summed E-state index contributed by atoms with van der Waals surface area (Å²) in [4.78, 5) is 22.6. The van der Waals surface area contributed by atoms with Crippen LogP contribution in [0.4, 0.5) is 0 Å². The Morgan fingerprint density at radius 2 is 2.31 bits per heavy atom. The molecule has 0 bridgehead atoms. The van der Waals surface area contributed by atoms with Crippen molar-refractivity contribution in [2.75, 3.05) is 20.8 Å². The number of ether oxygens (including phenoxy) is 1. The lowest BCUT2D eigenvalue weighted by atomic mass is 10.2. The van der Waals surface area contributed by atoms with Crippen LogP contribution in [-0.4, -0.2) is 44.3 Å². The molecular weight excluding hydrogens is 178 g/mol. The van der Waals surface area contributed by atoms with Gasteiger partial charge in [-0.05, 0) is 0 Å². The second kappa shape index (κ2) is 7.51. The second-order valence-corrected chi connectivity index (χ2v) is 2.15. The Morgan fingerprint density at radius 1 is 1.62 bits per heavy atom. The number of carbonyl (C=O) groups is 1. The molecule has 0 aromatic heterocycles. The van der Waals surface area contributed by atoms with Gasteiger partial charge in [-0.15, -0.1) is 0 Å². The average Bonchev–Trinajstić information content (AvgIpc) is 2.10. The van der Waals surface area contributed by atoms with Crippen LogP contribution in [0.5, 0.6) is 0 Å². The van der Waals surface area contributed by atoms with Crippen molar-refractivity contribution in [2.24, 2.45) is 4.99 Å². The van der Waals surface area contributed by atoms with Gasteiger partial charge in [-0.25, -0.2) is 9.79 Å². The van der Waals surface area contributed by atoms with Crippen LogP contribution < -0.4 is 0 Å². The zero-order valence-electron chi connectivity index (χ0n) is 7.60. The maximum atomic E-state index is 10.5. The van der Waals surface area contributed by atoms with Gasteiger partial charge in [0.15, 0.2) is 6.04 Å². The van der Waals surface area contributed by atoms with Gasteiger partial charge < -0.3 is 14.7 Å². The number of aliphatic carboxylic acids is 1. The van der Waals surface area contributed by atoms with Crippen LogP contribution in [-0.2, 0) is 19.3 Å². The van der Waals surface area contributed by atoms with E-state index in [2.05, 4.69) is 14.8 Å². The van der Waals surface area contributed by atoms with Crippen molar-refractivity contribution >= 4 is 12.4 Å². The van der Waals surface area contributed by atoms with Gasteiger partial charge in [0.2, 0.25) is 6.40 Å². The molecule has 0 aliphatic rings. The van der Waals surface area contributed by atoms with Crippen molar-refractivity contribution in [2.45, 2.75) is 12.5 Å². The molecular formula is C7H13NO5. The molecule has 13 heavy (non-hydrogen) atoms. The minimum absolute atomic E-state index is 0.301. The summed E-state index contributed by atoms with van der Waals surface area (Å²) in [7, 11) is 2.80. The Balaban J connectivity index is 3.86.